The van der Waals surface area contributed by atoms with Gasteiger partial charge in [0.1, 0.15) is 11.2 Å². The van der Waals surface area contributed by atoms with Crippen LogP contribution in [0.1, 0.15) is 20.3 Å². The molecule has 2 atom stereocenters. The predicted octanol–water partition coefficient (Wildman–Crippen LogP) is 4.54. The number of pyridine rings is 1. The van der Waals surface area contributed by atoms with Crippen molar-refractivity contribution in [3.8, 4) is 0 Å². The monoisotopic (exact) mass is 422 g/mol. The molecule has 0 aliphatic carbocycles. The molecule has 150 valence electrons. The van der Waals surface area contributed by atoms with Crippen LogP contribution in [-0.2, 0) is 4.79 Å². The van der Waals surface area contributed by atoms with Crippen molar-refractivity contribution >= 4 is 46.3 Å². The molecule has 5 nitrogen and oxygen atoms in total. The van der Waals surface area contributed by atoms with Gasteiger partial charge in [-0.3, -0.25) is 20.2 Å². The van der Waals surface area contributed by atoms with Crippen molar-refractivity contribution in [3.63, 3.8) is 0 Å². The fourth-order valence-electron chi connectivity index (χ4n) is 2.06. The zero-order valence-electron chi connectivity index (χ0n) is 15.0. The van der Waals surface area contributed by atoms with Crippen molar-refractivity contribution in [1.82, 2.24) is 9.88 Å². The fraction of sp³-hybridized carbons (Fsp3) is 0.529. The molecule has 0 aliphatic rings. The summed E-state index contributed by atoms with van der Waals surface area (Å²) in [5.41, 5.74) is 0.556. The fourth-order valence-corrected chi connectivity index (χ4v) is 3.26. The molecule has 1 N–H and O–H groups in total. The third-order valence-corrected chi connectivity index (χ3v) is 5.11. The van der Waals surface area contributed by atoms with Crippen molar-refractivity contribution in [2.75, 3.05) is 18.1 Å². The summed E-state index contributed by atoms with van der Waals surface area (Å²) in [5.74, 6) is -1.55. The second-order valence-corrected chi connectivity index (χ2v) is 7.29. The molecule has 10 heteroatoms. The molecule has 1 aromatic heterocycles. The van der Waals surface area contributed by atoms with E-state index < -0.39 is 18.1 Å². The molecular formula is C17H22ClF3N4OS. The lowest BCUT2D eigenvalue weighted by Crippen LogP contribution is -2.44. The van der Waals surface area contributed by atoms with Gasteiger partial charge in [0.25, 0.3) is 0 Å². The first-order chi connectivity index (χ1) is 12.7. The third-order valence-electron chi connectivity index (χ3n) is 3.65. The van der Waals surface area contributed by atoms with Gasteiger partial charge in [-0.1, -0.05) is 18.5 Å². The van der Waals surface area contributed by atoms with Crippen LogP contribution >= 0.6 is 23.4 Å². The molecule has 0 fully saturated rings. The second kappa shape index (κ2) is 11.3. The van der Waals surface area contributed by atoms with Gasteiger partial charge in [0.2, 0.25) is 5.91 Å². The van der Waals surface area contributed by atoms with E-state index in [2.05, 4.69) is 9.98 Å². The lowest BCUT2D eigenvalue weighted by atomic mass is 10.2. The lowest BCUT2D eigenvalue weighted by molar-refractivity contribution is -0.162. The number of hydrogen-bond acceptors (Lipinski definition) is 5. The van der Waals surface area contributed by atoms with E-state index >= 15 is 0 Å². The molecule has 0 spiro atoms. The van der Waals surface area contributed by atoms with E-state index in [1.165, 1.54) is 17.3 Å². The summed E-state index contributed by atoms with van der Waals surface area (Å²) < 4.78 is 37.5. The van der Waals surface area contributed by atoms with Gasteiger partial charge in [0.05, 0.1) is 17.8 Å². The summed E-state index contributed by atoms with van der Waals surface area (Å²) in [6, 6.07) is 2.59. The third kappa shape index (κ3) is 8.30. The minimum atomic E-state index is -4.23. The smallest absolute Gasteiger partial charge is 0.328 e. The molecule has 0 bridgehead atoms. The van der Waals surface area contributed by atoms with Crippen LogP contribution in [0.25, 0.3) is 0 Å². The number of rotatable bonds is 10. The Labute approximate surface area is 165 Å². The Morgan fingerprint density at radius 2 is 2.22 bits per heavy atom. The normalized spacial score (nSPS) is 14.1. The van der Waals surface area contributed by atoms with Crippen LogP contribution in [0.5, 0.6) is 0 Å². The van der Waals surface area contributed by atoms with Crippen molar-refractivity contribution < 1.29 is 18.0 Å². The number of alkyl halides is 3. The molecule has 0 saturated heterocycles. The zero-order chi connectivity index (χ0) is 20.4. The lowest BCUT2D eigenvalue weighted by Gasteiger charge is -2.27. The number of nitrogens with zero attached hydrogens (tertiary/aromatic N) is 3. The number of aromatic nitrogens is 1. The number of thioether (sulfide) groups is 1. The van der Waals surface area contributed by atoms with Gasteiger partial charge < -0.3 is 4.90 Å². The van der Waals surface area contributed by atoms with Gasteiger partial charge in [-0.2, -0.15) is 24.9 Å². The molecule has 1 amide bonds. The maximum Gasteiger partial charge on any atom is 0.392 e. The highest BCUT2D eigenvalue weighted by Gasteiger charge is 2.35. The first-order valence-electron chi connectivity index (χ1n) is 8.28. The molecule has 0 aromatic carbocycles. The topological polar surface area (TPSA) is 69.4 Å². The molecule has 1 aromatic rings. The number of halogens is 4. The van der Waals surface area contributed by atoms with Crippen LogP contribution in [0.2, 0.25) is 0 Å². The average molecular weight is 423 g/mol. The maximum atomic E-state index is 12.5. The molecular weight excluding hydrogens is 401 g/mol. The maximum absolute atomic E-state index is 12.5. The number of aliphatic imine (C=N–C) groups is 1. The number of amides is 1. The van der Waals surface area contributed by atoms with Crippen LogP contribution in [0, 0.1) is 11.3 Å². The molecule has 0 saturated carbocycles. The molecule has 27 heavy (non-hydrogen) atoms. The van der Waals surface area contributed by atoms with Crippen LogP contribution < -0.4 is 0 Å². The van der Waals surface area contributed by atoms with Crippen LogP contribution in [-0.4, -0.2) is 57.4 Å². The van der Waals surface area contributed by atoms with E-state index in [9.17, 15) is 18.0 Å². The molecule has 2 unspecified atom stereocenters. The zero-order valence-corrected chi connectivity index (χ0v) is 16.6. The Bertz CT molecular complexity index is 643. The van der Waals surface area contributed by atoms with E-state index in [0.717, 1.165) is 18.7 Å². The quantitative estimate of drug-likeness (QED) is 0.444. The number of nitrogens with one attached hydrogen (secondary N) is 1. The van der Waals surface area contributed by atoms with Crippen molar-refractivity contribution in [2.24, 2.45) is 10.9 Å². The van der Waals surface area contributed by atoms with Gasteiger partial charge in [-0.15, -0.1) is 0 Å². The van der Waals surface area contributed by atoms with E-state index in [4.69, 9.17) is 17.0 Å². The first-order valence-corrected chi connectivity index (χ1v) is 9.82. The Hall–Kier alpha value is -1.61. The number of carbonyl (C=O) groups is 1. The number of carbonyl (C=O) groups excluding carboxylic acids is 1. The summed E-state index contributed by atoms with van der Waals surface area (Å²) >= 11 is 6.91. The van der Waals surface area contributed by atoms with E-state index in [0.29, 0.717) is 12.2 Å². The largest absolute Gasteiger partial charge is 0.392 e. The van der Waals surface area contributed by atoms with Gasteiger partial charge in [-0.05, 0) is 19.1 Å². The molecule has 1 rings (SSSR count). The summed E-state index contributed by atoms with van der Waals surface area (Å²) in [5, 5.41) is 7.45. The van der Waals surface area contributed by atoms with E-state index in [1.807, 2.05) is 0 Å². The SMILES string of the molecule is CCN(C(=O)CCSCC(C)C(F)(F)F)C(C=Nc1cccnc1)C(=N)Cl. The summed E-state index contributed by atoms with van der Waals surface area (Å²) in [7, 11) is 0. The Morgan fingerprint density at radius 1 is 1.52 bits per heavy atom. The van der Waals surface area contributed by atoms with Gasteiger partial charge in [0.15, 0.2) is 0 Å². The highest BCUT2D eigenvalue weighted by atomic mass is 35.5. The summed E-state index contributed by atoms with van der Waals surface area (Å²) in [6.07, 6.45) is 0.354. The van der Waals surface area contributed by atoms with Gasteiger partial charge in [-0.25, -0.2) is 0 Å². The highest BCUT2D eigenvalue weighted by Crippen LogP contribution is 2.28. The van der Waals surface area contributed by atoms with E-state index in [-0.39, 0.29) is 29.0 Å². The van der Waals surface area contributed by atoms with Crippen molar-refractivity contribution in [1.29, 1.82) is 5.41 Å². The average Bonchev–Trinajstić information content (AvgIpc) is 2.61. The van der Waals surface area contributed by atoms with Crippen molar-refractivity contribution in [2.45, 2.75) is 32.5 Å². The van der Waals surface area contributed by atoms with Gasteiger partial charge >= 0.3 is 6.18 Å². The Balaban J connectivity index is 2.65. The molecule has 1 heterocycles. The van der Waals surface area contributed by atoms with Crippen LogP contribution in [0.15, 0.2) is 29.5 Å². The standard InChI is InChI=1S/C17H22ClF3N4OS/c1-3-25(15(26)6-8-27-11-12(2)17(19,20)21)14(16(18)22)10-24-13-5-4-7-23-9-13/h4-5,7,9-10,12,14,22H,3,6,8,11H2,1-2H3. The molecule has 0 radical (unpaired) electrons. The van der Waals surface area contributed by atoms with E-state index in [1.54, 1.807) is 25.3 Å². The molecule has 0 aliphatic heterocycles. The first kappa shape index (κ1) is 23.4. The summed E-state index contributed by atoms with van der Waals surface area (Å²) in [6.45, 7) is 3.15. The minimum Gasteiger partial charge on any atom is -0.328 e. The van der Waals surface area contributed by atoms with Gasteiger partial charge in [0, 0.05) is 36.9 Å². The second-order valence-electron chi connectivity index (χ2n) is 5.73. The Kier molecular flexibility index (Phi) is 9.79. The number of hydrogen-bond donors (Lipinski definition) is 1. The Morgan fingerprint density at radius 3 is 2.74 bits per heavy atom. The van der Waals surface area contributed by atoms with Crippen LogP contribution in [0.3, 0.4) is 0 Å². The predicted molar refractivity (Wildman–Crippen MR) is 104 cm³/mol. The van der Waals surface area contributed by atoms with Crippen LogP contribution in [0.4, 0.5) is 18.9 Å². The highest BCUT2D eigenvalue weighted by molar-refractivity contribution is 7.99. The van der Waals surface area contributed by atoms with Crippen molar-refractivity contribution in [3.05, 3.63) is 24.5 Å². The summed E-state index contributed by atoms with van der Waals surface area (Å²) in [4.78, 5) is 21.9. The minimum absolute atomic E-state index is 0.0600.